The van der Waals surface area contributed by atoms with Crippen molar-refractivity contribution in [1.29, 1.82) is 0 Å². The molecule has 0 aliphatic heterocycles. The van der Waals surface area contributed by atoms with Crippen LogP contribution >= 0.6 is 0 Å². The molecular formula is C13H20N6O. The molecule has 0 aliphatic carbocycles. The van der Waals surface area contributed by atoms with Gasteiger partial charge in [0.05, 0.1) is 24.5 Å². The maximum Gasteiger partial charge on any atom is 0.191 e. The molecule has 0 aromatic carbocycles. The van der Waals surface area contributed by atoms with E-state index >= 15 is 0 Å². The number of hydrogen-bond acceptors (Lipinski definition) is 4. The van der Waals surface area contributed by atoms with Crippen molar-refractivity contribution in [2.24, 2.45) is 4.99 Å². The SMILES string of the molecule is CN=C(NCc1ccn[nH]1)NCc1cc(C(C)C)no1. The van der Waals surface area contributed by atoms with Crippen LogP contribution in [0.3, 0.4) is 0 Å². The number of hydrogen-bond donors (Lipinski definition) is 3. The van der Waals surface area contributed by atoms with Crippen molar-refractivity contribution in [3.05, 3.63) is 35.5 Å². The van der Waals surface area contributed by atoms with E-state index in [0.29, 0.717) is 25.0 Å². The summed E-state index contributed by atoms with van der Waals surface area (Å²) < 4.78 is 5.26. The number of guanidine groups is 1. The Hall–Kier alpha value is -2.31. The predicted octanol–water partition coefficient (Wildman–Crippen LogP) is 1.39. The van der Waals surface area contributed by atoms with Crippen LogP contribution in [0.1, 0.15) is 36.9 Å². The van der Waals surface area contributed by atoms with Gasteiger partial charge in [0, 0.05) is 19.3 Å². The lowest BCUT2D eigenvalue weighted by molar-refractivity contribution is 0.372. The Labute approximate surface area is 117 Å². The van der Waals surface area contributed by atoms with Gasteiger partial charge in [0.15, 0.2) is 11.7 Å². The highest BCUT2D eigenvalue weighted by molar-refractivity contribution is 5.79. The van der Waals surface area contributed by atoms with Gasteiger partial charge in [-0.05, 0) is 12.0 Å². The molecule has 0 saturated carbocycles. The summed E-state index contributed by atoms with van der Waals surface area (Å²) in [6, 6.07) is 3.87. The van der Waals surface area contributed by atoms with Crippen LogP contribution in [0.15, 0.2) is 27.8 Å². The predicted molar refractivity (Wildman–Crippen MR) is 76.2 cm³/mol. The molecule has 20 heavy (non-hydrogen) atoms. The standard InChI is InChI=1S/C13H20N6O/c1-9(2)12-6-11(20-19-12)8-16-13(14-3)15-7-10-4-5-17-18-10/h4-6,9H,7-8H2,1-3H3,(H,17,18)(H2,14,15,16). The van der Waals surface area contributed by atoms with Gasteiger partial charge < -0.3 is 15.2 Å². The van der Waals surface area contributed by atoms with Crippen molar-refractivity contribution in [2.45, 2.75) is 32.9 Å². The second-order valence-corrected chi connectivity index (χ2v) is 4.73. The fourth-order valence-electron chi connectivity index (χ4n) is 1.64. The molecule has 0 spiro atoms. The fourth-order valence-corrected chi connectivity index (χ4v) is 1.64. The number of nitrogens with one attached hydrogen (secondary N) is 3. The minimum absolute atomic E-state index is 0.366. The average Bonchev–Trinajstić information content (AvgIpc) is 3.10. The van der Waals surface area contributed by atoms with E-state index < -0.39 is 0 Å². The number of aliphatic imine (C=N–C) groups is 1. The Kier molecular flexibility index (Phi) is 4.75. The molecular weight excluding hydrogens is 256 g/mol. The molecule has 2 rings (SSSR count). The highest BCUT2D eigenvalue weighted by Gasteiger charge is 2.08. The van der Waals surface area contributed by atoms with Crippen molar-refractivity contribution >= 4 is 5.96 Å². The highest BCUT2D eigenvalue weighted by Crippen LogP contribution is 2.13. The Morgan fingerprint density at radius 3 is 2.80 bits per heavy atom. The summed E-state index contributed by atoms with van der Waals surface area (Å²) in [5, 5.41) is 17.1. The third-order valence-corrected chi connectivity index (χ3v) is 2.83. The third-order valence-electron chi connectivity index (χ3n) is 2.83. The molecule has 0 fully saturated rings. The second kappa shape index (κ2) is 6.74. The van der Waals surface area contributed by atoms with Crippen LogP contribution in [-0.4, -0.2) is 28.4 Å². The molecule has 0 unspecified atom stereocenters. The lowest BCUT2D eigenvalue weighted by Crippen LogP contribution is -2.36. The third kappa shape index (κ3) is 3.84. The van der Waals surface area contributed by atoms with Crippen molar-refractivity contribution < 1.29 is 4.52 Å². The van der Waals surface area contributed by atoms with Gasteiger partial charge in [-0.2, -0.15) is 5.10 Å². The number of aromatic nitrogens is 3. The molecule has 0 bridgehead atoms. The molecule has 108 valence electrons. The topological polar surface area (TPSA) is 91.1 Å². The van der Waals surface area contributed by atoms with Crippen molar-refractivity contribution in [3.8, 4) is 0 Å². The molecule has 2 aromatic heterocycles. The number of nitrogens with zero attached hydrogens (tertiary/aromatic N) is 3. The first kappa shape index (κ1) is 14.1. The van der Waals surface area contributed by atoms with Gasteiger partial charge in [-0.1, -0.05) is 19.0 Å². The molecule has 2 aromatic rings. The van der Waals surface area contributed by atoms with Crippen LogP contribution in [0.4, 0.5) is 0 Å². The number of rotatable bonds is 5. The molecule has 7 heteroatoms. The van der Waals surface area contributed by atoms with Crippen molar-refractivity contribution in [2.75, 3.05) is 7.05 Å². The molecule has 7 nitrogen and oxygen atoms in total. The summed E-state index contributed by atoms with van der Waals surface area (Å²) in [6.07, 6.45) is 1.72. The average molecular weight is 276 g/mol. The number of aromatic amines is 1. The summed E-state index contributed by atoms with van der Waals surface area (Å²) in [5.41, 5.74) is 1.96. The van der Waals surface area contributed by atoms with Crippen LogP contribution < -0.4 is 10.6 Å². The van der Waals surface area contributed by atoms with Crippen LogP contribution in [-0.2, 0) is 13.1 Å². The van der Waals surface area contributed by atoms with E-state index in [4.69, 9.17) is 4.52 Å². The zero-order chi connectivity index (χ0) is 14.4. The normalized spacial score (nSPS) is 11.9. The van der Waals surface area contributed by atoms with Crippen LogP contribution in [0.2, 0.25) is 0 Å². The quantitative estimate of drug-likeness (QED) is 0.567. The molecule has 2 heterocycles. The first-order valence-electron chi connectivity index (χ1n) is 6.57. The minimum atomic E-state index is 0.366. The Morgan fingerprint density at radius 2 is 2.20 bits per heavy atom. The van der Waals surface area contributed by atoms with Crippen LogP contribution in [0.5, 0.6) is 0 Å². The van der Waals surface area contributed by atoms with E-state index in [1.54, 1.807) is 13.2 Å². The maximum atomic E-state index is 5.26. The van der Waals surface area contributed by atoms with Crippen molar-refractivity contribution in [3.63, 3.8) is 0 Å². The van der Waals surface area contributed by atoms with Crippen LogP contribution in [0, 0.1) is 0 Å². The van der Waals surface area contributed by atoms with Gasteiger partial charge in [0.1, 0.15) is 0 Å². The largest absolute Gasteiger partial charge is 0.359 e. The molecule has 0 atom stereocenters. The van der Waals surface area contributed by atoms with Gasteiger partial charge in [0.2, 0.25) is 0 Å². The monoisotopic (exact) mass is 276 g/mol. The van der Waals surface area contributed by atoms with Crippen molar-refractivity contribution in [1.82, 2.24) is 26.0 Å². The van der Waals surface area contributed by atoms with E-state index in [1.165, 1.54) is 0 Å². The fraction of sp³-hybridized carbons (Fsp3) is 0.462. The molecule has 0 aliphatic rings. The van der Waals surface area contributed by atoms with Gasteiger partial charge >= 0.3 is 0 Å². The Bertz CT molecular complexity index is 543. The molecule has 0 amide bonds. The smallest absolute Gasteiger partial charge is 0.191 e. The van der Waals surface area contributed by atoms with E-state index in [9.17, 15) is 0 Å². The Balaban J connectivity index is 1.81. The second-order valence-electron chi connectivity index (χ2n) is 4.73. The Morgan fingerprint density at radius 1 is 1.40 bits per heavy atom. The lowest BCUT2D eigenvalue weighted by Gasteiger charge is -2.09. The first-order valence-corrected chi connectivity index (χ1v) is 6.57. The first-order chi connectivity index (χ1) is 9.69. The molecule has 3 N–H and O–H groups in total. The zero-order valence-electron chi connectivity index (χ0n) is 12.0. The summed E-state index contributed by atoms with van der Waals surface area (Å²) in [7, 11) is 1.72. The van der Waals surface area contributed by atoms with E-state index in [2.05, 4.69) is 44.8 Å². The van der Waals surface area contributed by atoms with Gasteiger partial charge in [-0.3, -0.25) is 10.1 Å². The van der Waals surface area contributed by atoms with Crippen LogP contribution in [0.25, 0.3) is 0 Å². The summed E-state index contributed by atoms with van der Waals surface area (Å²) in [6.45, 7) is 5.34. The van der Waals surface area contributed by atoms with E-state index in [-0.39, 0.29) is 0 Å². The van der Waals surface area contributed by atoms with Gasteiger partial charge in [-0.15, -0.1) is 0 Å². The summed E-state index contributed by atoms with van der Waals surface area (Å²) in [5.74, 6) is 1.85. The summed E-state index contributed by atoms with van der Waals surface area (Å²) in [4.78, 5) is 4.14. The molecule has 0 radical (unpaired) electrons. The van der Waals surface area contributed by atoms with E-state index in [0.717, 1.165) is 17.1 Å². The zero-order valence-corrected chi connectivity index (χ0v) is 12.0. The maximum absolute atomic E-state index is 5.26. The minimum Gasteiger partial charge on any atom is -0.359 e. The van der Waals surface area contributed by atoms with Gasteiger partial charge in [-0.25, -0.2) is 0 Å². The lowest BCUT2D eigenvalue weighted by atomic mass is 10.1. The molecule has 0 saturated heterocycles. The van der Waals surface area contributed by atoms with Gasteiger partial charge in [0.25, 0.3) is 0 Å². The summed E-state index contributed by atoms with van der Waals surface area (Å²) >= 11 is 0. The van der Waals surface area contributed by atoms with E-state index in [1.807, 2.05) is 12.1 Å². The number of H-pyrrole nitrogens is 1. The highest BCUT2D eigenvalue weighted by atomic mass is 16.5.